The summed E-state index contributed by atoms with van der Waals surface area (Å²) in [5.41, 5.74) is 0. The van der Waals surface area contributed by atoms with E-state index in [4.69, 9.17) is 9.84 Å². The SMILES string of the molecule is O=C(O)CCCC(=O)NC(=O)NCCOC1CCCC1. The lowest BCUT2D eigenvalue weighted by molar-refractivity contribution is -0.137. The van der Waals surface area contributed by atoms with Gasteiger partial charge in [-0.25, -0.2) is 4.79 Å². The van der Waals surface area contributed by atoms with E-state index in [2.05, 4.69) is 10.6 Å². The maximum atomic E-state index is 11.3. The highest BCUT2D eigenvalue weighted by atomic mass is 16.5. The lowest BCUT2D eigenvalue weighted by Gasteiger charge is -2.11. The zero-order valence-electron chi connectivity index (χ0n) is 11.5. The van der Waals surface area contributed by atoms with Crippen LogP contribution in [0.15, 0.2) is 0 Å². The summed E-state index contributed by atoms with van der Waals surface area (Å²) in [7, 11) is 0. The molecule has 0 unspecified atom stereocenters. The largest absolute Gasteiger partial charge is 0.481 e. The van der Waals surface area contributed by atoms with Crippen LogP contribution in [0.25, 0.3) is 0 Å². The molecule has 1 fully saturated rings. The highest BCUT2D eigenvalue weighted by Crippen LogP contribution is 2.20. The van der Waals surface area contributed by atoms with Crippen molar-refractivity contribution in [3.05, 3.63) is 0 Å². The molecular formula is C13H22N2O5. The van der Waals surface area contributed by atoms with E-state index in [1.165, 1.54) is 12.8 Å². The lowest BCUT2D eigenvalue weighted by atomic mass is 10.2. The summed E-state index contributed by atoms with van der Waals surface area (Å²) in [6.07, 6.45) is 5.02. The number of carboxylic acid groups (broad SMARTS) is 1. The quantitative estimate of drug-likeness (QED) is 0.578. The van der Waals surface area contributed by atoms with E-state index in [9.17, 15) is 14.4 Å². The van der Waals surface area contributed by atoms with Gasteiger partial charge in [0.15, 0.2) is 0 Å². The second kappa shape index (κ2) is 9.30. The molecule has 0 bridgehead atoms. The smallest absolute Gasteiger partial charge is 0.321 e. The normalized spacial score (nSPS) is 15.0. The minimum atomic E-state index is -0.952. The number of ether oxygens (including phenoxy) is 1. The van der Waals surface area contributed by atoms with E-state index in [0.29, 0.717) is 19.3 Å². The number of hydrogen-bond donors (Lipinski definition) is 3. The van der Waals surface area contributed by atoms with Crippen LogP contribution in [0.5, 0.6) is 0 Å². The van der Waals surface area contributed by atoms with Crippen LogP contribution in [0.4, 0.5) is 4.79 Å². The van der Waals surface area contributed by atoms with Gasteiger partial charge in [0.25, 0.3) is 0 Å². The van der Waals surface area contributed by atoms with Gasteiger partial charge in [0.1, 0.15) is 0 Å². The van der Waals surface area contributed by atoms with Crippen molar-refractivity contribution in [2.75, 3.05) is 13.2 Å². The average Bonchev–Trinajstić information content (AvgIpc) is 2.87. The zero-order valence-corrected chi connectivity index (χ0v) is 11.5. The molecule has 0 heterocycles. The van der Waals surface area contributed by atoms with Crippen LogP contribution in [0.3, 0.4) is 0 Å². The molecule has 0 saturated heterocycles. The first kappa shape index (κ1) is 16.4. The molecule has 114 valence electrons. The van der Waals surface area contributed by atoms with Crippen LogP contribution in [-0.2, 0) is 14.3 Å². The number of carbonyl (C=O) groups excluding carboxylic acids is 2. The standard InChI is InChI=1S/C13H22N2O5/c16-11(6-3-7-12(17)18)15-13(19)14-8-9-20-10-4-1-2-5-10/h10H,1-9H2,(H,17,18)(H2,14,15,16,19). The van der Waals surface area contributed by atoms with Gasteiger partial charge in [0.05, 0.1) is 12.7 Å². The second-order valence-corrected chi connectivity index (χ2v) is 4.83. The predicted molar refractivity (Wildman–Crippen MR) is 71.2 cm³/mol. The van der Waals surface area contributed by atoms with Crippen molar-refractivity contribution in [1.29, 1.82) is 0 Å². The van der Waals surface area contributed by atoms with Crippen molar-refractivity contribution in [1.82, 2.24) is 10.6 Å². The Kier molecular flexibility index (Phi) is 7.64. The number of rotatable bonds is 8. The number of urea groups is 1. The molecule has 1 aliphatic rings. The summed E-state index contributed by atoms with van der Waals surface area (Å²) in [6, 6.07) is -0.569. The lowest BCUT2D eigenvalue weighted by Crippen LogP contribution is -2.40. The van der Waals surface area contributed by atoms with Crippen LogP contribution in [-0.4, -0.2) is 42.3 Å². The Bertz CT molecular complexity index is 340. The summed E-state index contributed by atoms with van der Waals surface area (Å²) in [5.74, 6) is -1.42. The summed E-state index contributed by atoms with van der Waals surface area (Å²) in [4.78, 5) is 32.9. The maximum Gasteiger partial charge on any atom is 0.321 e. The Morgan fingerprint density at radius 2 is 1.85 bits per heavy atom. The summed E-state index contributed by atoms with van der Waals surface area (Å²) in [6.45, 7) is 0.788. The van der Waals surface area contributed by atoms with Crippen molar-refractivity contribution in [2.45, 2.75) is 51.0 Å². The molecule has 1 saturated carbocycles. The van der Waals surface area contributed by atoms with Crippen molar-refractivity contribution in [3.63, 3.8) is 0 Å². The van der Waals surface area contributed by atoms with Crippen LogP contribution >= 0.6 is 0 Å². The molecule has 3 N–H and O–H groups in total. The van der Waals surface area contributed by atoms with Crippen LogP contribution in [0.2, 0.25) is 0 Å². The minimum Gasteiger partial charge on any atom is -0.481 e. The molecule has 0 aromatic rings. The van der Waals surface area contributed by atoms with Crippen molar-refractivity contribution in [3.8, 4) is 0 Å². The second-order valence-electron chi connectivity index (χ2n) is 4.83. The number of hydrogen-bond acceptors (Lipinski definition) is 4. The van der Waals surface area contributed by atoms with Gasteiger partial charge in [-0.2, -0.15) is 0 Å². The molecule has 0 aromatic heterocycles. The van der Waals surface area contributed by atoms with E-state index in [-0.39, 0.29) is 19.3 Å². The Balaban J connectivity index is 1.98. The zero-order chi connectivity index (χ0) is 14.8. The van der Waals surface area contributed by atoms with Gasteiger partial charge in [-0.05, 0) is 19.3 Å². The van der Waals surface area contributed by atoms with E-state index in [1.54, 1.807) is 0 Å². The topological polar surface area (TPSA) is 105 Å². The number of carboxylic acids is 1. The third kappa shape index (κ3) is 7.73. The van der Waals surface area contributed by atoms with E-state index < -0.39 is 17.9 Å². The average molecular weight is 286 g/mol. The third-order valence-electron chi connectivity index (χ3n) is 3.09. The minimum absolute atomic E-state index is 0.0261. The Hall–Kier alpha value is -1.63. The Morgan fingerprint density at radius 1 is 1.15 bits per heavy atom. The van der Waals surface area contributed by atoms with Crippen LogP contribution in [0, 0.1) is 0 Å². The van der Waals surface area contributed by atoms with Crippen LogP contribution < -0.4 is 10.6 Å². The molecule has 7 heteroatoms. The highest BCUT2D eigenvalue weighted by Gasteiger charge is 2.15. The molecule has 0 aromatic carbocycles. The fourth-order valence-electron chi connectivity index (χ4n) is 2.08. The summed E-state index contributed by atoms with van der Waals surface area (Å²) < 4.78 is 5.56. The molecule has 7 nitrogen and oxygen atoms in total. The molecule has 3 amide bonds. The first-order valence-electron chi connectivity index (χ1n) is 6.99. The Labute approximate surface area is 118 Å². The molecule has 1 rings (SSSR count). The van der Waals surface area contributed by atoms with Gasteiger partial charge < -0.3 is 15.2 Å². The van der Waals surface area contributed by atoms with Gasteiger partial charge in [-0.3, -0.25) is 14.9 Å². The van der Waals surface area contributed by atoms with Gasteiger partial charge in [-0.1, -0.05) is 12.8 Å². The highest BCUT2D eigenvalue weighted by molar-refractivity contribution is 5.94. The number of carbonyl (C=O) groups is 3. The number of imide groups is 1. The van der Waals surface area contributed by atoms with Crippen molar-refractivity contribution >= 4 is 17.9 Å². The first-order chi connectivity index (χ1) is 9.58. The third-order valence-corrected chi connectivity index (χ3v) is 3.09. The number of nitrogens with one attached hydrogen (secondary N) is 2. The number of aliphatic carboxylic acids is 1. The van der Waals surface area contributed by atoms with Gasteiger partial charge in [-0.15, -0.1) is 0 Å². The predicted octanol–water partition coefficient (Wildman–Crippen LogP) is 1.03. The van der Waals surface area contributed by atoms with Crippen molar-refractivity contribution in [2.24, 2.45) is 0 Å². The first-order valence-corrected chi connectivity index (χ1v) is 6.99. The van der Waals surface area contributed by atoms with Gasteiger partial charge in [0, 0.05) is 19.4 Å². The molecule has 0 aliphatic heterocycles. The Morgan fingerprint density at radius 3 is 2.50 bits per heavy atom. The molecule has 0 atom stereocenters. The fourth-order valence-corrected chi connectivity index (χ4v) is 2.08. The molecular weight excluding hydrogens is 264 g/mol. The maximum absolute atomic E-state index is 11.3. The van der Waals surface area contributed by atoms with E-state index in [0.717, 1.165) is 12.8 Å². The van der Waals surface area contributed by atoms with Gasteiger partial charge >= 0.3 is 12.0 Å². The monoisotopic (exact) mass is 286 g/mol. The van der Waals surface area contributed by atoms with E-state index >= 15 is 0 Å². The summed E-state index contributed by atoms with van der Waals surface area (Å²) >= 11 is 0. The molecule has 20 heavy (non-hydrogen) atoms. The number of amides is 3. The summed E-state index contributed by atoms with van der Waals surface area (Å²) in [5, 5.41) is 13.1. The van der Waals surface area contributed by atoms with E-state index in [1.807, 2.05) is 0 Å². The molecule has 0 radical (unpaired) electrons. The van der Waals surface area contributed by atoms with Gasteiger partial charge in [0.2, 0.25) is 5.91 Å². The molecule has 0 spiro atoms. The molecule has 1 aliphatic carbocycles. The van der Waals surface area contributed by atoms with Crippen molar-refractivity contribution < 1.29 is 24.2 Å². The fraction of sp³-hybridized carbons (Fsp3) is 0.769. The van der Waals surface area contributed by atoms with Crippen LogP contribution in [0.1, 0.15) is 44.9 Å².